The van der Waals surface area contributed by atoms with E-state index in [0.717, 1.165) is 30.8 Å². The maximum Gasteiger partial charge on any atom is 0.259 e. The third-order valence-electron chi connectivity index (χ3n) is 4.40. The molecule has 0 aliphatic heterocycles. The van der Waals surface area contributed by atoms with E-state index < -0.39 is 0 Å². The van der Waals surface area contributed by atoms with E-state index in [-0.39, 0.29) is 5.91 Å². The number of amides is 1. The van der Waals surface area contributed by atoms with Crippen LogP contribution in [0.25, 0.3) is 0 Å². The number of benzene rings is 1. The van der Waals surface area contributed by atoms with Gasteiger partial charge in [-0.1, -0.05) is 25.8 Å². The fraction of sp³-hybridized carbons (Fsp3) is 0.304. The minimum Gasteiger partial charge on any atom is -0.494 e. The average molecular weight is 378 g/mol. The molecule has 0 aliphatic rings. The third-order valence-corrected chi connectivity index (χ3v) is 4.40. The maximum atomic E-state index is 13.2. The number of aryl methyl sites for hydroxylation is 1. The Morgan fingerprint density at radius 3 is 2.54 bits per heavy atom. The first kappa shape index (κ1) is 19.7. The number of hydrogen-bond acceptors (Lipinski definition) is 4. The molecule has 0 atom stereocenters. The van der Waals surface area contributed by atoms with Crippen LogP contribution in [0, 0.1) is 6.92 Å². The van der Waals surface area contributed by atoms with Crippen LogP contribution in [0.2, 0.25) is 0 Å². The second-order valence-corrected chi connectivity index (χ2v) is 6.67. The summed E-state index contributed by atoms with van der Waals surface area (Å²) in [5.74, 6) is 2.76. The first-order valence-electron chi connectivity index (χ1n) is 9.68. The number of carbonyl (C=O) groups excluding carboxylic acids is 1. The third kappa shape index (κ3) is 5.22. The van der Waals surface area contributed by atoms with Crippen LogP contribution in [0.15, 0.2) is 65.2 Å². The number of ether oxygens (including phenoxy) is 1. The molecule has 0 fully saturated rings. The number of nitrogens with zero attached hydrogens (tertiary/aromatic N) is 2. The number of carbonyl (C=O) groups is 1. The van der Waals surface area contributed by atoms with Crippen LogP contribution >= 0.6 is 0 Å². The van der Waals surface area contributed by atoms with Gasteiger partial charge in [-0.05, 0) is 61.9 Å². The SMILES string of the molecule is CCCCCOc1ccc(C(=O)N(Cc2ccc(C)o2)c2ccccn2)cc1. The van der Waals surface area contributed by atoms with Crippen LogP contribution in [0.4, 0.5) is 5.82 Å². The Labute approximate surface area is 166 Å². The smallest absolute Gasteiger partial charge is 0.259 e. The Kier molecular flexibility index (Phi) is 6.84. The zero-order valence-corrected chi connectivity index (χ0v) is 16.4. The Hall–Kier alpha value is -3.08. The lowest BCUT2D eigenvalue weighted by Crippen LogP contribution is -2.31. The predicted molar refractivity (Wildman–Crippen MR) is 110 cm³/mol. The van der Waals surface area contributed by atoms with Gasteiger partial charge < -0.3 is 9.15 Å². The zero-order chi connectivity index (χ0) is 19.8. The average Bonchev–Trinajstić information content (AvgIpc) is 3.15. The van der Waals surface area contributed by atoms with Crippen molar-refractivity contribution in [2.24, 2.45) is 0 Å². The van der Waals surface area contributed by atoms with Gasteiger partial charge in [0.05, 0.1) is 13.2 Å². The van der Waals surface area contributed by atoms with E-state index in [1.54, 1.807) is 23.2 Å². The Bertz CT molecular complexity index is 872. The van der Waals surface area contributed by atoms with Crippen molar-refractivity contribution < 1.29 is 13.9 Å². The van der Waals surface area contributed by atoms with Gasteiger partial charge in [-0.15, -0.1) is 0 Å². The van der Waals surface area contributed by atoms with Gasteiger partial charge in [0.15, 0.2) is 0 Å². The van der Waals surface area contributed by atoms with E-state index in [0.29, 0.717) is 30.3 Å². The van der Waals surface area contributed by atoms with Crippen molar-refractivity contribution in [2.45, 2.75) is 39.7 Å². The topological polar surface area (TPSA) is 55.6 Å². The van der Waals surface area contributed by atoms with Crippen LogP contribution < -0.4 is 9.64 Å². The highest BCUT2D eigenvalue weighted by molar-refractivity contribution is 6.05. The van der Waals surface area contributed by atoms with Crippen LogP contribution in [0.1, 0.15) is 48.1 Å². The van der Waals surface area contributed by atoms with Crippen molar-refractivity contribution in [1.82, 2.24) is 4.98 Å². The molecule has 0 N–H and O–H groups in total. The number of hydrogen-bond donors (Lipinski definition) is 0. The van der Waals surface area contributed by atoms with E-state index in [9.17, 15) is 4.79 Å². The van der Waals surface area contributed by atoms with Crippen LogP contribution in [-0.4, -0.2) is 17.5 Å². The van der Waals surface area contributed by atoms with Gasteiger partial charge in [-0.3, -0.25) is 9.69 Å². The monoisotopic (exact) mass is 378 g/mol. The maximum absolute atomic E-state index is 13.2. The van der Waals surface area contributed by atoms with Gasteiger partial charge in [0.2, 0.25) is 0 Å². The molecule has 0 radical (unpaired) electrons. The van der Waals surface area contributed by atoms with Gasteiger partial charge in [0.1, 0.15) is 23.1 Å². The Morgan fingerprint density at radius 2 is 1.89 bits per heavy atom. The lowest BCUT2D eigenvalue weighted by molar-refractivity contribution is 0.0982. The van der Waals surface area contributed by atoms with Crippen molar-refractivity contribution in [3.05, 3.63) is 77.9 Å². The van der Waals surface area contributed by atoms with E-state index in [1.165, 1.54) is 0 Å². The first-order valence-corrected chi connectivity index (χ1v) is 9.68. The number of pyridine rings is 1. The molecule has 146 valence electrons. The van der Waals surface area contributed by atoms with Gasteiger partial charge in [0, 0.05) is 11.8 Å². The zero-order valence-electron chi connectivity index (χ0n) is 16.4. The molecule has 2 heterocycles. The highest BCUT2D eigenvalue weighted by Gasteiger charge is 2.20. The van der Waals surface area contributed by atoms with Gasteiger partial charge in [0.25, 0.3) is 5.91 Å². The van der Waals surface area contributed by atoms with Crippen molar-refractivity contribution in [3.8, 4) is 5.75 Å². The lowest BCUT2D eigenvalue weighted by Gasteiger charge is -2.21. The summed E-state index contributed by atoms with van der Waals surface area (Å²) < 4.78 is 11.4. The summed E-state index contributed by atoms with van der Waals surface area (Å²) in [7, 11) is 0. The van der Waals surface area contributed by atoms with Crippen molar-refractivity contribution in [2.75, 3.05) is 11.5 Å². The molecule has 0 bridgehead atoms. The van der Waals surface area contributed by atoms with Crippen molar-refractivity contribution in [3.63, 3.8) is 0 Å². The predicted octanol–water partition coefficient (Wildman–Crippen LogP) is 5.40. The molecule has 1 aromatic carbocycles. The van der Waals surface area contributed by atoms with Crippen LogP contribution in [-0.2, 0) is 6.54 Å². The molecule has 5 nitrogen and oxygen atoms in total. The molecule has 3 rings (SSSR count). The van der Waals surface area contributed by atoms with Crippen LogP contribution in [0.5, 0.6) is 5.75 Å². The molecule has 0 saturated heterocycles. The fourth-order valence-electron chi connectivity index (χ4n) is 2.89. The lowest BCUT2D eigenvalue weighted by atomic mass is 10.2. The molecule has 2 aromatic heterocycles. The number of furan rings is 1. The second kappa shape index (κ2) is 9.74. The van der Waals surface area contributed by atoms with Crippen LogP contribution in [0.3, 0.4) is 0 Å². The minimum atomic E-state index is -0.134. The fourth-order valence-corrected chi connectivity index (χ4v) is 2.89. The highest BCUT2D eigenvalue weighted by Crippen LogP contribution is 2.21. The second-order valence-electron chi connectivity index (χ2n) is 6.67. The number of rotatable bonds is 9. The van der Waals surface area contributed by atoms with Crippen molar-refractivity contribution >= 4 is 11.7 Å². The summed E-state index contributed by atoms with van der Waals surface area (Å²) in [6.45, 7) is 5.06. The molecule has 28 heavy (non-hydrogen) atoms. The highest BCUT2D eigenvalue weighted by atomic mass is 16.5. The first-order chi connectivity index (χ1) is 13.7. The summed E-state index contributed by atoms with van der Waals surface area (Å²) in [6, 6.07) is 16.5. The van der Waals surface area contributed by atoms with Gasteiger partial charge in [-0.2, -0.15) is 0 Å². The number of aromatic nitrogens is 1. The standard InChI is InChI=1S/C23H26N2O3/c1-3-4-7-16-27-20-13-10-19(11-14-20)23(26)25(22-8-5-6-15-24-22)17-21-12-9-18(2)28-21/h5-6,8-15H,3-4,7,16-17H2,1-2H3. The minimum absolute atomic E-state index is 0.134. The molecule has 3 aromatic rings. The Balaban J connectivity index is 1.75. The quantitative estimate of drug-likeness (QED) is 0.468. The molecule has 0 aliphatic carbocycles. The normalized spacial score (nSPS) is 10.6. The van der Waals surface area contributed by atoms with Gasteiger partial charge in [-0.25, -0.2) is 4.98 Å². The number of anilines is 1. The van der Waals surface area contributed by atoms with E-state index in [4.69, 9.17) is 9.15 Å². The molecular weight excluding hydrogens is 352 g/mol. The van der Waals surface area contributed by atoms with E-state index in [2.05, 4.69) is 11.9 Å². The van der Waals surface area contributed by atoms with E-state index >= 15 is 0 Å². The summed E-state index contributed by atoms with van der Waals surface area (Å²) in [5.41, 5.74) is 0.579. The Morgan fingerprint density at radius 1 is 1.07 bits per heavy atom. The molecule has 5 heteroatoms. The molecular formula is C23H26N2O3. The largest absolute Gasteiger partial charge is 0.494 e. The molecule has 0 saturated carbocycles. The summed E-state index contributed by atoms with van der Waals surface area (Å²) in [6.07, 6.45) is 5.03. The van der Waals surface area contributed by atoms with Gasteiger partial charge >= 0.3 is 0 Å². The molecule has 0 spiro atoms. The molecule has 0 unspecified atom stereocenters. The number of unbranched alkanes of at least 4 members (excludes halogenated alkanes) is 2. The summed E-state index contributed by atoms with van der Waals surface area (Å²) in [4.78, 5) is 19.1. The molecule has 1 amide bonds. The van der Waals surface area contributed by atoms with E-state index in [1.807, 2.05) is 49.4 Å². The summed E-state index contributed by atoms with van der Waals surface area (Å²) in [5, 5.41) is 0. The van der Waals surface area contributed by atoms with Crippen molar-refractivity contribution in [1.29, 1.82) is 0 Å². The summed E-state index contributed by atoms with van der Waals surface area (Å²) >= 11 is 0.